The molecular weight excluding hydrogens is 372 g/mol. The Labute approximate surface area is 169 Å². The average molecular weight is 398 g/mol. The van der Waals surface area contributed by atoms with Crippen LogP contribution in [0.5, 0.6) is 5.75 Å². The van der Waals surface area contributed by atoms with Crippen LogP contribution in [0.4, 0.5) is 10.6 Å². The number of amides is 2. The van der Waals surface area contributed by atoms with Crippen LogP contribution < -0.4 is 15.4 Å². The van der Waals surface area contributed by atoms with Gasteiger partial charge in [0.15, 0.2) is 5.82 Å². The number of benzene rings is 1. The molecule has 2 amide bonds. The average Bonchev–Trinajstić information content (AvgIpc) is 3.45. The normalized spacial score (nSPS) is 22.6. The van der Waals surface area contributed by atoms with E-state index in [9.17, 15) is 9.59 Å². The van der Waals surface area contributed by atoms with E-state index >= 15 is 0 Å². The van der Waals surface area contributed by atoms with Gasteiger partial charge in [-0.1, -0.05) is 25.1 Å². The summed E-state index contributed by atoms with van der Waals surface area (Å²) >= 11 is 0. The molecule has 0 radical (unpaired) electrons. The Bertz CT molecular complexity index is 881. The van der Waals surface area contributed by atoms with Crippen LogP contribution in [0.2, 0.25) is 0 Å². The molecule has 0 saturated heterocycles. The van der Waals surface area contributed by atoms with Crippen LogP contribution in [0.3, 0.4) is 0 Å². The van der Waals surface area contributed by atoms with Crippen molar-refractivity contribution in [2.75, 3.05) is 18.5 Å². The summed E-state index contributed by atoms with van der Waals surface area (Å²) in [4.78, 5) is 24.4. The molecule has 1 aliphatic carbocycles. The quantitative estimate of drug-likeness (QED) is 0.692. The second-order valence-electron chi connectivity index (χ2n) is 7.56. The van der Waals surface area contributed by atoms with Crippen molar-refractivity contribution in [1.82, 2.24) is 15.5 Å². The van der Waals surface area contributed by atoms with Crippen LogP contribution in [0.25, 0.3) is 0 Å². The zero-order valence-corrected chi connectivity index (χ0v) is 16.4. The first kappa shape index (κ1) is 19.3. The lowest BCUT2D eigenvalue weighted by Crippen LogP contribution is -2.28. The first-order valence-corrected chi connectivity index (χ1v) is 10.2. The van der Waals surface area contributed by atoms with Crippen molar-refractivity contribution in [1.29, 1.82) is 0 Å². The number of aromatic nitrogens is 2. The third kappa shape index (κ3) is 4.36. The van der Waals surface area contributed by atoms with Crippen molar-refractivity contribution in [2.45, 2.75) is 50.5 Å². The molecule has 8 nitrogen and oxygen atoms in total. The van der Waals surface area contributed by atoms with Crippen LogP contribution >= 0.6 is 0 Å². The number of ether oxygens (including phenoxy) is 2. The fourth-order valence-electron chi connectivity index (χ4n) is 3.95. The molecule has 1 unspecified atom stereocenters. The van der Waals surface area contributed by atoms with E-state index in [0.29, 0.717) is 19.0 Å². The van der Waals surface area contributed by atoms with E-state index < -0.39 is 0 Å². The summed E-state index contributed by atoms with van der Waals surface area (Å²) in [5, 5.41) is 12.9. The second-order valence-corrected chi connectivity index (χ2v) is 7.56. The molecule has 0 bridgehead atoms. The maximum absolute atomic E-state index is 12.7. The van der Waals surface area contributed by atoms with E-state index in [2.05, 4.69) is 20.8 Å². The number of hydrogen-bond acceptors (Lipinski definition) is 5. The van der Waals surface area contributed by atoms with Gasteiger partial charge < -0.3 is 20.1 Å². The van der Waals surface area contributed by atoms with Crippen molar-refractivity contribution in [3.8, 4) is 5.75 Å². The van der Waals surface area contributed by atoms with Crippen molar-refractivity contribution in [3.63, 3.8) is 0 Å². The van der Waals surface area contributed by atoms with Crippen molar-refractivity contribution in [2.24, 2.45) is 0 Å². The summed E-state index contributed by atoms with van der Waals surface area (Å²) in [7, 11) is 0. The SMILES string of the molecule is CCCNC(=O)O[C@H]1CC[C@@H](c2cc(NC(=O)C3COc4ccccc43)n[nH]2)C1. The maximum atomic E-state index is 12.7. The first-order chi connectivity index (χ1) is 14.1. The van der Waals surface area contributed by atoms with E-state index in [1.807, 2.05) is 37.3 Å². The smallest absolute Gasteiger partial charge is 0.407 e. The van der Waals surface area contributed by atoms with E-state index in [-0.39, 0.29) is 29.9 Å². The van der Waals surface area contributed by atoms with Gasteiger partial charge >= 0.3 is 6.09 Å². The number of H-pyrrole nitrogens is 1. The van der Waals surface area contributed by atoms with Gasteiger partial charge in [-0.15, -0.1) is 0 Å². The lowest BCUT2D eigenvalue weighted by Gasteiger charge is -2.12. The summed E-state index contributed by atoms with van der Waals surface area (Å²) in [6, 6.07) is 9.45. The highest BCUT2D eigenvalue weighted by Crippen LogP contribution is 2.37. The fourth-order valence-corrected chi connectivity index (χ4v) is 3.95. The molecule has 3 atom stereocenters. The predicted molar refractivity (Wildman–Crippen MR) is 107 cm³/mol. The third-order valence-corrected chi connectivity index (χ3v) is 5.48. The Balaban J connectivity index is 1.31. The van der Waals surface area contributed by atoms with Crippen molar-refractivity contribution < 1.29 is 19.1 Å². The number of para-hydroxylation sites is 1. The van der Waals surface area contributed by atoms with Gasteiger partial charge in [0.05, 0.1) is 0 Å². The van der Waals surface area contributed by atoms with Crippen LogP contribution in [-0.4, -0.2) is 41.5 Å². The Morgan fingerprint density at radius 1 is 1.31 bits per heavy atom. The van der Waals surface area contributed by atoms with Gasteiger partial charge in [-0.3, -0.25) is 9.89 Å². The topological polar surface area (TPSA) is 105 Å². The molecule has 2 aromatic rings. The largest absolute Gasteiger partial charge is 0.492 e. The van der Waals surface area contributed by atoms with Crippen molar-refractivity contribution >= 4 is 17.8 Å². The van der Waals surface area contributed by atoms with Gasteiger partial charge in [0, 0.05) is 29.8 Å². The van der Waals surface area contributed by atoms with Gasteiger partial charge in [0.25, 0.3) is 0 Å². The molecule has 8 heteroatoms. The van der Waals surface area contributed by atoms with E-state index in [1.165, 1.54) is 0 Å². The minimum absolute atomic E-state index is 0.0923. The number of nitrogens with one attached hydrogen (secondary N) is 3. The summed E-state index contributed by atoms with van der Waals surface area (Å²) < 4.78 is 11.1. The van der Waals surface area contributed by atoms with E-state index in [1.54, 1.807) is 0 Å². The molecule has 0 spiro atoms. The Morgan fingerprint density at radius 2 is 2.17 bits per heavy atom. The van der Waals surface area contributed by atoms with Gasteiger partial charge in [-0.2, -0.15) is 5.10 Å². The summed E-state index contributed by atoms with van der Waals surface area (Å²) in [6.45, 7) is 2.96. The Hall–Kier alpha value is -3.03. The van der Waals surface area contributed by atoms with Crippen molar-refractivity contribution in [3.05, 3.63) is 41.6 Å². The maximum Gasteiger partial charge on any atom is 0.407 e. The van der Waals surface area contributed by atoms with Crippen LogP contribution in [0.15, 0.2) is 30.3 Å². The highest BCUT2D eigenvalue weighted by Gasteiger charge is 2.32. The van der Waals surface area contributed by atoms with Gasteiger partial charge in [0.2, 0.25) is 5.91 Å². The standard InChI is InChI=1S/C21H26N4O4/c1-2-9-22-21(27)29-14-8-7-13(10-14)17-11-19(25-24-17)23-20(26)16-12-28-18-6-4-3-5-15(16)18/h3-6,11,13-14,16H,2,7-10,12H2,1H3,(H,22,27)(H2,23,24,25,26)/t13-,14+,16?/m1/s1. The molecule has 1 saturated carbocycles. The number of carbonyl (C=O) groups excluding carboxylic acids is 2. The monoisotopic (exact) mass is 398 g/mol. The molecule has 1 aliphatic heterocycles. The molecule has 4 rings (SSSR count). The molecule has 2 heterocycles. The van der Waals surface area contributed by atoms with Crippen LogP contribution in [-0.2, 0) is 9.53 Å². The van der Waals surface area contributed by atoms with E-state index in [4.69, 9.17) is 9.47 Å². The summed E-state index contributed by atoms with van der Waals surface area (Å²) in [6.07, 6.45) is 2.91. The number of anilines is 1. The number of nitrogens with zero attached hydrogens (tertiary/aromatic N) is 1. The highest BCUT2D eigenvalue weighted by atomic mass is 16.6. The third-order valence-electron chi connectivity index (χ3n) is 5.48. The molecule has 2 aliphatic rings. The minimum atomic E-state index is -0.353. The minimum Gasteiger partial charge on any atom is -0.492 e. The fraction of sp³-hybridized carbons (Fsp3) is 0.476. The summed E-state index contributed by atoms with van der Waals surface area (Å²) in [5.74, 6) is 1.02. The zero-order valence-electron chi connectivity index (χ0n) is 16.4. The lowest BCUT2D eigenvalue weighted by atomic mass is 10.0. The second kappa shape index (κ2) is 8.55. The molecule has 1 aromatic carbocycles. The Kier molecular flexibility index (Phi) is 5.69. The molecular formula is C21H26N4O4. The molecule has 3 N–H and O–H groups in total. The van der Waals surface area contributed by atoms with Crippen LogP contribution in [0, 0.1) is 0 Å². The van der Waals surface area contributed by atoms with E-state index in [0.717, 1.165) is 42.7 Å². The number of rotatable bonds is 6. The van der Waals surface area contributed by atoms with Gasteiger partial charge in [-0.25, -0.2) is 4.79 Å². The zero-order chi connectivity index (χ0) is 20.2. The van der Waals surface area contributed by atoms with Gasteiger partial charge in [0.1, 0.15) is 24.4 Å². The molecule has 1 fully saturated rings. The van der Waals surface area contributed by atoms with Gasteiger partial charge in [-0.05, 0) is 31.7 Å². The highest BCUT2D eigenvalue weighted by molar-refractivity contribution is 5.96. The predicted octanol–water partition coefficient (Wildman–Crippen LogP) is 3.30. The summed E-state index contributed by atoms with van der Waals surface area (Å²) in [5.41, 5.74) is 1.85. The molecule has 29 heavy (non-hydrogen) atoms. The molecule has 154 valence electrons. The number of carbonyl (C=O) groups is 2. The van der Waals surface area contributed by atoms with Crippen LogP contribution in [0.1, 0.15) is 55.7 Å². The first-order valence-electron chi connectivity index (χ1n) is 10.2. The lowest BCUT2D eigenvalue weighted by molar-refractivity contribution is -0.117. The molecule has 1 aromatic heterocycles. The number of alkyl carbamates (subject to hydrolysis) is 1. The number of hydrogen-bond donors (Lipinski definition) is 3. The number of aromatic amines is 1. The number of fused-ring (bicyclic) bond motifs is 1. The Morgan fingerprint density at radius 3 is 3.03 bits per heavy atom.